The fourth-order valence-electron chi connectivity index (χ4n) is 4.14. The summed E-state index contributed by atoms with van der Waals surface area (Å²) in [6, 6.07) is 14.4. The van der Waals surface area contributed by atoms with E-state index in [-0.39, 0.29) is 12.0 Å². The summed E-state index contributed by atoms with van der Waals surface area (Å²) in [5, 5.41) is 3.38. The molecule has 0 radical (unpaired) electrons. The average molecular weight is 380 g/mol. The Labute approximate surface area is 167 Å². The van der Waals surface area contributed by atoms with Crippen molar-refractivity contribution in [2.45, 2.75) is 38.2 Å². The van der Waals surface area contributed by atoms with E-state index in [4.69, 9.17) is 4.74 Å². The molecule has 0 aliphatic carbocycles. The van der Waals surface area contributed by atoms with Crippen molar-refractivity contribution in [1.29, 1.82) is 0 Å². The van der Waals surface area contributed by atoms with Gasteiger partial charge in [-0.1, -0.05) is 30.3 Å². The van der Waals surface area contributed by atoms with Gasteiger partial charge in [-0.25, -0.2) is 0 Å². The average Bonchev–Trinajstić information content (AvgIpc) is 3.27. The molecule has 5 nitrogen and oxygen atoms in total. The third-order valence-electron chi connectivity index (χ3n) is 5.81. The summed E-state index contributed by atoms with van der Waals surface area (Å²) in [7, 11) is 0. The Bertz CT molecular complexity index is 766. The van der Waals surface area contributed by atoms with Crippen LogP contribution in [0.5, 0.6) is 0 Å². The van der Waals surface area contributed by atoms with E-state index in [0.29, 0.717) is 11.6 Å². The monoisotopic (exact) mass is 379 g/mol. The lowest BCUT2D eigenvalue weighted by atomic mass is 9.90. The zero-order valence-electron chi connectivity index (χ0n) is 16.3. The van der Waals surface area contributed by atoms with E-state index >= 15 is 0 Å². The molecule has 2 aliphatic rings. The van der Waals surface area contributed by atoms with Gasteiger partial charge in [-0.3, -0.25) is 9.78 Å². The van der Waals surface area contributed by atoms with Gasteiger partial charge in [0.1, 0.15) is 5.69 Å². The summed E-state index contributed by atoms with van der Waals surface area (Å²) >= 11 is 0. The summed E-state index contributed by atoms with van der Waals surface area (Å²) in [5.41, 5.74) is 2.85. The normalized spacial score (nSPS) is 20.3. The molecule has 2 fully saturated rings. The molecule has 2 aliphatic heterocycles. The van der Waals surface area contributed by atoms with Gasteiger partial charge in [-0.15, -0.1) is 0 Å². The Morgan fingerprint density at radius 1 is 1.14 bits per heavy atom. The fraction of sp³-hybridized carbons (Fsp3) is 0.478. The Hall–Kier alpha value is -2.40. The van der Waals surface area contributed by atoms with Gasteiger partial charge in [0.2, 0.25) is 0 Å². The van der Waals surface area contributed by atoms with E-state index < -0.39 is 0 Å². The molecular weight excluding hydrogens is 350 g/mol. The highest BCUT2D eigenvalue weighted by atomic mass is 16.5. The molecule has 28 heavy (non-hydrogen) atoms. The van der Waals surface area contributed by atoms with E-state index in [1.54, 1.807) is 6.20 Å². The molecule has 1 N–H and O–H groups in total. The van der Waals surface area contributed by atoms with Crippen LogP contribution in [0.3, 0.4) is 0 Å². The van der Waals surface area contributed by atoms with Crippen LogP contribution in [-0.4, -0.2) is 48.1 Å². The number of nitrogens with zero attached hydrogens (tertiary/aromatic N) is 2. The maximum absolute atomic E-state index is 12.9. The van der Waals surface area contributed by atoms with Crippen molar-refractivity contribution < 1.29 is 9.53 Å². The van der Waals surface area contributed by atoms with Crippen molar-refractivity contribution in [2.75, 3.05) is 31.6 Å². The number of carbonyl (C=O) groups is 1. The number of benzene rings is 1. The van der Waals surface area contributed by atoms with Crippen molar-refractivity contribution in [1.82, 2.24) is 9.88 Å². The van der Waals surface area contributed by atoms with E-state index in [2.05, 4.69) is 40.6 Å². The van der Waals surface area contributed by atoms with Gasteiger partial charge >= 0.3 is 0 Å². The highest BCUT2D eigenvalue weighted by Crippen LogP contribution is 2.23. The minimum absolute atomic E-state index is 0.0407. The number of likely N-dealkylation sites (tertiary alicyclic amines) is 1. The number of anilines is 1. The quantitative estimate of drug-likeness (QED) is 0.830. The van der Waals surface area contributed by atoms with Crippen LogP contribution < -0.4 is 5.32 Å². The smallest absolute Gasteiger partial charge is 0.272 e. The van der Waals surface area contributed by atoms with E-state index in [1.807, 2.05) is 17.0 Å². The third-order valence-corrected chi connectivity index (χ3v) is 5.81. The van der Waals surface area contributed by atoms with Gasteiger partial charge in [0.05, 0.1) is 6.10 Å². The molecule has 1 aromatic carbocycles. The van der Waals surface area contributed by atoms with Crippen molar-refractivity contribution >= 4 is 11.6 Å². The van der Waals surface area contributed by atoms with Crippen LogP contribution >= 0.6 is 0 Å². The third kappa shape index (κ3) is 4.90. The van der Waals surface area contributed by atoms with Crippen LogP contribution in [0.2, 0.25) is 0 Å². The molecule has 1 atom stereocenters. The minimum atomic E-state index is 0.0407. The summed E-state index contributed by atoms with van der Waals surface area (Å²) in [6.45, 7) is 3.26. The molecule has 3 heterocycles. The first-order valence-electron chi connectivity index (χ1n) is 10.4. The largest absolute Gasteiger partial charge is 0.382 e. The van der Waals surface area contributed by atoms with Gasteiger partial charge < -0.3 is 15.0 Å². The lowest BCUT2D eigenvalue weighted by molar-refractivity contribution is 0.0684. The number of carbonyl (C=O) groups excluding carboxylic acids is 1. The molecule has 0 spiro atoms. The molecule has 1 aromatic heterocycles. The number of ether oxygens (including phenoxy) is 1. The van der Waals surface area contributed by atoms with Crippen molar-refractivity contribution in [3.63, 3.8) is 0 Å². The van der Waals surface area contributed by atoms with Gasteiger partial charge in [0.15, 0.2) is 0 Å². The number of rotatable bonds is 6. The van der Waals surface area contributed by atoms with Gasteiger partial charge in [-0.2, -0.15) is 0 Å². The number of aromatic nitrogens is 1. The van der Waals surface area contributed by atoms with Crippen molar-refractivity contribution in [3.05, 3.63) is 59.9 Å². The number of hydrogen-bond acceptors (Lipinski definition) is 4. The fourth-order valence-corrected chi connectivity index (χ4v) is 4.14. The van der Waals surface area contributed by atoms with Crippen LogP contribution in [0.4, 0.5) is 5.69 Å². The van der Waals surface area contributed by atoms with E-state index in [9.17, 15) is 4.79 Å². The lowest BCUT2D eigenvalue weighted by Gasteiger charge is -2.32. The standard InChI is InChI=1S/C23H29N3O2/c27-23(22-16-20(8-11-24-22)25-17-21-7-4-14-28-21)26-12-9-19(10-13-26)15-18-5-2-1-3-6-18/h1-3,5-6,8,11,16,19,21H,4,7,9-10,12-15,17H2,(H,24,25). The van der Waals surface area contributed by atoms with Crippen LogP contribution in [0.25, 0.3) is 0 Å². The lowest BCUT2D eigenvalue weighted by Crippen LogP contribution is -2.39. The maximum Gasteiger partial charge on any atom is 0.272 e. The van der Waals surface area contributed by atoms with Gasteiger partial charge in [0, 0.05) is 38.1 Å². The second kappa shape index (κ2) is 9.20. The van der Waals surface area contributed by atoms with Crippen molar-refractivity contribution in [3.8, 4) is 0 Å². The summed E-state index contributed by atoms with van der Waals surface area (Å²) in [6.07, 6.45) is 7.43. The molecular formula is C23H29N3O2. The first kappa shape index (κ1) is 18.9. The molecule has 2 saturated heterocycles. The molecule has 5 heteroatoms. The summed E-state index contributed by atoms with van der Waals surface area (Å²) in [5.74, 6) is 0.692. The molecule has 1 amide bonds. The Kier molecular flexibility index (Phi) is 6.22. The van der Waals surface area contributed by atoms with Gasteiger partial charge in [-0.05, 0) is 55.7 Å². The SMILES string of the molecule is O=C(c1cc(NCC2CCCO2)ccn1)N1CCC(Cc2ccccc2)CC1. The highest BCUT2D eigenvalue weighted by molar-refractivity contribution is 5.93. The Morgan fingerprint density at radius 2 is 1.96 bits per heavy atom. The number of nitrogens with one attached hydrogen (secondary N) is 1. The summed E-state index contributed by atoms with van der Waals surface area (Å²) in [4.78, 5) is 19.2. The second-order valence-corrected chi connectivity index (χ2v) is 7.87. The van der Waals surface area contributed by atoms with Crippen LogP contribution in [-0.2, 0) is 11.2 Å². The molecule has 2 aromatic rings. The number of pyridine rings is 1. The molecule has 0 bridgehead atoms. The topological polar surface area (TPSA) is 54.5 Å². The number of piperidine rings is 1. The maximum atomic E-state index is 12.9. The van der Waals surface area contributed by atoms with Crippen LogP contribution in [0.1, 0.15) is 41.7 Å². The molecule has 0 saturated carbocycles. The van der Waals surface area contributed by atoms with Crippen LogP contribution in [0, 0.1) is 5.92 Å². The molecule has 148 valence electrons. The number of hydrogen-bond donors (Lipinski definition) is 1. The second-order valence-electron chi connectivity index (χ2n) is 7.87. The predicted octanol–water partition coefficient (Wildman–Crippen LogP) is 3.77. The first-order valence-corrected chi connectivity index (χ1v) is 10.4. The van der Waals surface area contributed by atoms with E-state index in [0.717, 1.165) is 64.0 Å². The van der Waals surface area contributed by atoms with E-state index in [1.165, 1.54) is 5.56 Å². The Balaban J connectivity index is 1.29. The minimum Gasteiger partial charge on any atom is -0.382 e. The van der Waals surface area contributed by atoms with Gasteiger partial charge in [0.25, 0.3) is 5.91 Å². The highest BCUT2D eigenvalue weighted by Gasteiger charge is 2.24. The zero-order valence-corrected chi connectivity index (χ0v) is 16.3. The molecule has 4 rings (SSSR count). The number of amides is 1. The first-order chi connectivity index (χ1) is 13.8. The van der Waals surface area contributed by atoms with Crippen molar-refractivity contribution in [2.24, 2.45) is 5.92 Å². The summed E-state index contributed by atoms with van der Waals surface area (Å²) < 4.78 is 5.65. The van der Waals surface area contributed by atoms with Crippen LogP contribution in [0.15, 0.2) is 48.7 Å². The predicted molar refractivity (Wildman–Crippen MR) is 110 cm³/mol. The zero-order chi connectivity index (χ0) is 19.2. The molecule has 1 unspecified atom stereocenters. The Morgan fingerprint density at radius 3 is 2.71 bits per heavy atom.